The van der Waals surface area contributed by atoms with Crippen molar-refractivity contribution >= 4 is 5.91 Å². The van der Waals surface area contributed by atoms with E-state index in [4.69, 9.17) is 0 Å². The van der Waals surface area contributed by atoms with Crippen LogP contribution >= 0.6 is 0 Å². The molecular weight excluding hydrogens is 126 g/mol. The highest BCUT2D eigenvalue weighted by Gasteiger charge is 2.38. The standard InChI is InChI=1S/C8H13NO/c1-4-6-7(5(2)3)8(10)9-6/h4-7H,1H2,2-3H3,(H,9,10)/t6-,7+/m0/s1. The fourth-order valence-electron chi connectivity index (χ4n) is 1.34. The van der Waals surface area contributed by atoms with Gasteiger partial charge in [0.1, 0.15) is 0 Å². The van der Waals surface area contributed by atoms with Crippen molar-refractivity contribution in [1.82, 2.24) is 5.32 Å². The van der Waals surface area contributed by atoms with Crippen molar-refractivity contribution in [2.45, 2.75) is 19.9 Å². The van der Waals surface area contributed by atoms with Gasteiger partial charge in [-0.2, -0.15) is 0 Å². The predicted molar refractivity (Wildman–Crippen MR) is 40.5 cm³/mol. The molecule has 2 nitrogen and oxygen atoms in total. The van der Waals surface area contributed by atoms with Gasteiger partial charge in [0.2, 0.25) is 5.91 Å². The molecule has 0 aromatic heterocycles. The first-order valence-electron chi connectivity index (χ1n) is 3.59. The molecule has 0 aromatic carbocycles. The average molecular weight is 139 g/mol. The molecule has 1 amide bonds. The number of hydrogen-bond acceptors (Lipinski definition) is 1. The summed E-state index contributed by atoms with van der Waals surface area (Å²) >= 11 is 0. The van der Waals surface area contributed by atoms with E-state index in [9.17, 15) is 4.79 Å². The summed E-state index contributed by atoms with van der Waals surface area (Å²) in [4.78, 5) is 10.9. The van der Waals surface area contributed by atoms with Gasteiger partial charge in [-0.1, -0.05) is 19.9 Å². The minimum atomic E-state index is 0.164. The summed E-state index contributed by atoms with van der Waals surface area (Å²) in [5.41, 5.74) is 0. The minimum Gasteiger partial charge on any atom is -0.349 e. The second kappa shape index (κ2) is 2.45. The van der Waals surface area contributed by atoms with Crippen molar-refractivity contribution in [3.05, 3.63) is 12.7 Å². The molecule has 0 saturated carbocycles. The van der Waals surface area contributed by atoms with Crippen molar-refractivity contribution in [2.75, 3.05) is 0 Å². The van der Waals surface area contributed by atoms with Crippen LogP contribution in [-0.2, 0) is 4.79 Å². The van der Waals surface area contributed by atoms with E-state index in [1.165, 1.54) is 0 Å². The first-order valence-corrected chi connectivity index (χ1v) is 3.59. The van der Waals surface area contributed by atoms with Crippen LogP contribution in [-0.4, -0.2) is 11.9 Å². The Morgan fingerprint density at radius 1 is 1.70 bits per heavy atom. The second-order valence-electron chi connectivity index (χ2n) is 3.04. The first kappa shape index (κ1) is 7.32. The van der Waals surface area contributed by atoms with E-state index in [1.54, 1.807) is 6.08 Å². The summed E-state index contributed by atoms with van der Waals surface area (Å²) in [5.74, 6) is 0.758. The van der Waals surface area contributed by atoms with Crippen LogP contribution in [0.15, 0.2) is 12.7 Å². The molecule has 1 heterocycles. The Kier molecular flexibility index (Phi) is 1.79. The van der Waals surface area contributed by atoms with Crippen molar-refractivity contribution in [2.24, 2.45) is 11.8 Å². The highest BCUT2D eigenvalue weighted by Crippen LogP contribution is 2.23. The maximum absolute atomic E-state index is 10.9. The van der Waals surface area contributed by atoms with Crippen molar-refractivity contribution in [1.29, 1.82) is 0 Å². The third kappa shape index (κ3) is 0.939. The maximum atomic E-state index is 10.9. The molecule has 2 atom stereocenters. The topological polar surface area (TPSA) is 29.1 Å². The van der Waals surface area contributed by atoms with Gasteiger partial charge in [-0.05, 0) is 5.92 Å². The zero-order chi connectivity index (χ0) is 7.72. The third-order valence-electron chi connectivity index (χ3n) is 1.97. The molecule has 0 aliphatic carbocycles. The Bertz CT molecular complexity index is 163. The van der Waals surface area contributed by atoms with E-state index in [0.29, 0.717) is 5.92 Å². The normalized spacial score (nSPS) is 31.3. The minimum absolute atomic E-state index is 0.164. The smallest absolute Gasteiger partial charge is 0.226 e. The highest BCUT2D eigenvalue weighted by molar-refractivity contribution is 5.86. The lowest BCUT2D eigenvalue weighted by molar-refractivity contribution is -0.135. The molecule has 1 fully saturated rings. The molecular formula is C8H13NO. The summed E-state index contributed by atoms with van der Waals surface area (Å²) in [7, 11) is 0. The van der Waals surface area contributed by atoms with E-state index in [1.807, 2.05) is 0 Å². The van der Waals surface area contributed by atoms with E-state index in [0.717, 1.165) is 0 Å². The van der Waals surface area contributed by atoms with Gasteiger partial charge >= 0.3 is 0 Å². The van der Waals surface area contributed by atoms with Gasteiger partial charge in [0.15, 0.2) is 0 Å². The fourth-order valence-corrected chi connectivity index (χ4v) is 1.34. The fraction of sp³-hybridized carbons (Fsp3) is 0.625. The predicted octanol–water partition coefficient (Wildman–Crippen LogP) is 0.943. The van der Waals surface area contributed by atoms with Gasteiger partial charge in [0, 0.05) is 0 Å². The van der Waals surface area contributed by atoms with Crippen LogP contribution in [0.2, 0.25) is 0 Å². The molecule has 56 valence electrons. The van der Waals surface area contributed by atoms with Crippen LogP contribution < -0.4 is 5.32 Å². The highest BCUT2D eigenvalue weighted by atomic mass is 16.2. The molecule has 1 N–H and O–H groups in total. The van der Waals surface area contributed by atoms with Crippen LogP contribution in [0.4, 0.5) is 0 Å². The quantitative estimate of drug-likeness (QED) is 0.448. The van der Waals surface area contributed by atoms with Crippen LogP contribution in [0.3, 0.4) is 0 Å². The van der Waals surface area contributed by atoms with E-state index in [-0.39, 0.29) is 17.9 Å². The van der Waals surface area contributed by atoms with Crippen LogP contribution in [0, 0.1) is 11.8 Å². The number of rotatable bonds is 2. The monoisotopic (exact) mass is 139 g/mol. The van der Waals surface area contributed by atoms with Gasteiger partial charge in [-0.25, -0.2) is 0 Å². The molecule has 0 aromatic rings. The van der Waals surface area contributed by atoms with Crippen molar-refractivity contribution in [3.63, 3.8) is 0 Å². The van der Waals surface area contributed by atoms with Crippen molar-refractivity contribution < 1.29 is 4.79 Å². The van der Waals surface area contributed by atoms with Crippen LogP contribution in [0.25, 0.3) is 0 Å². The summed E-state index contributed by atoms with van der Waals surface area (Å²) in [6, 6.07) is 0.215. The van der Waals surface area contributed by atoms with Gasteiger partial charge < -0.3 is 5.32 Å². The average Bonchev–Trinajstić information content (AvgIpc) is 1.80. The Balaban J connectivity index is 2.55. The summed E-state index contributed by atoms with van der Waals surface area (Å²) in [5, 5.41) is 2.77. The lowest BCUT2D eigenvalue weighted by atomic mass is 9.81. The molecule has 2 heteroatoms. The van der Waals surface area contributed by atoms with Crippen LogP contribution in [0.1, 0.15) is 13.8 Å². The van der Waals surface area contributed by atoms with Gasteiger partial charge in [0.05, 0.1) is 12.0 Å². The molecule has 0 radical (unpaired) electrons. The molecule has 10 heavy (non-hydrogen) atoms. The second-order valence-corrected chi connectivity index (χ2v) is 3.04. The Hall–Kier alpha value is -0.790. The zero-order valence-corrected chi connectivity index (χ0v) is 6.42. The molecule has 0 bridgehead atoms. The van der Waals surface area contributed by atoms with Gasteiger partial charge in [0.25, 0.3) is 0 Å². The molecule has 1 aliphatic rings. The molecule has 0 spiro atoms. The Labute approximate surface area is 61.3 Å². The summed E-state index contributed by atoms with van der Waals surface area (Å²) in [6.45, 7) is 7.75. The van der Waals surface area contributed by atoms with E-state index >= 15 is 0 Å². The molecule has 0 unspecified atom stereocenters. The number of nitrogens with one attached hydrogen (secondary N) is 1. The Morgan fingerprint density at radius 3 is 2.50 bits per heavy atom. The maximum Gasteiger partial charge on any atom is 0.226 e. The number of amides is 1. The van der Waals surface area contributed by atoms with Gasteiger partial charge in [-0.15, -0.1) is 6.58 Å². The third-order valence-corrected chi connectivity index (χ3v) is 1.97. The first-order chi connectivity index (χ1) is 4.66. The number of hydrogen-bond donors (Lipinski definition) is 1. The van der Waals surface area contributed by atoms with E-state index < -0.39 is 0 Å². The molecule has 1 saturated heterocycles. The largest absolute Gasteiger partial charge is 0.349 e. The lowest BCUT2D eigenvalue weighted by Crippen LogP contribution is -2.58. The molecule has 1 aliphatic heterocycles. The Morgan fingerprint density at radius 2 is 2.30 bits per heavy atom. The zero-order valence-electron chi connectivity index (χ0n) is 6.42. The molecule has 1 rings (SSSR count). The van der Waals surface area contributed by atoms with E-state index in [2.05, 4.69) is 25.7 Å². The SMILES string of the molecule is C=C[C@@H]1NC(=O)[C@@H]1C(C)C. The lowest BCUT2D eigenvalue weighted by Gasteiger charge is -2.37. The number of carbonyl (C=O) groups excluding carboxylic acids is 1. The summed E-state index contributed by atoms with van der Waals surface area (Å²) < 4.78 is 0. The van der Waals surface area contributed by atoms with Crippen molar-refractivity contribution in [3.8, 4) is 0 Å². The number of β-lactam (4-membered cyclic amide) rings is 1. The van der Waals surface area contributed by atoms with Crippen LogP contribution in [0.5, 0.6) is 0 Å². The van der Waals surface area contributed by atoms with Gasteiger partial charge in [-0.3, -0.25) is 4.79 Å². The summed E-state index contributed by atoms with van der Waals surface area (Å²) in [6.07, 6.45) is 1.80. The number of carbonyl (C=O) groups is 1.